The van der Waals surface area contributed by atoms with E-state index in [9.17, 15) is 9.90 Å². The minimum atomic E-state index is -0.654. The summed E-state index contributed by atoms with van der Waals surface area (Å²) in [5, 5.41) is 11.4. The lowest BCUT2D eigenvalue weighted by molar-refractivity contribution is -0.136. The third-order valence-corrected chi connectivity index (χ3v) is 9.10. The van der Waals surface area contributed by atoms with Gasteiger partial charge in [0.05, 0.1) is 6.10 Å². The molecule has 4 aliphatic heterocycles. The fourth-order valence-corrected chi connectivity index (χ4v) is 7.70. The highest BCUT2D eigenvalue weighted by atomic mass is 16.7. The molecule has 2 spiro atoms. The summed E-state index contributed by atoms with van der Waals surface area (Å²) >= 11 is 0. The maximum atomic E-state index is 12.1. The minimum absolute atomic E-state index is 0.00808. The third kappa shape index (κ3) is 1.14. The molecule has 2 saturated carbocycles. The number of hydrogen-bond acceptors (Lipinski definition) is 6. The molecule has 1 N–H and O–H groups in total. The van der Waals surface area contributed by atoms with E-state index >= 15 is 0 Å². The Labute approximate surface area is 151 Å². The van der Waals surface area contributed by atoms with Gasteiger partial charge in [-0.2, -0.15) is 0 Å². The van der Waals surface area contributed by atoms with Crippen LogP contribution in [0.1, 0.15) is 40.0 Å². The monoisotopic (exact) mass is 360 g/mol. The van der Waals surface area contributed by atoms with Crippen molar-refractivity contribution in [1.82, 2.24) is 0 Å². The second-order valence-electron chi connectivity index (χ2n) is 9.91. The molecule has 3 saturated heterocycles. The normalized spacial score (nSPS) is 63.1. The van der Waals surface area contributed by atoms with Gasteiger partial charge in [-0.3, -0.25) is 0 Å². The zero-order valence-electron chi connectivity index (χ0n) is 15.3. The van der Waals surface area contributed by atoms with Crippen LogP contribution >= 0.6 is 0 Å². The Bertz CT molecular complexity index is 819. The van der Waals surface area contributed by atoms with Crippen LogP contribution in [0.2, 0.25) is 0 Å². The van der Waals surface area contributed by atoms with Crippen molar-refractivity contribution in [3.63, 3.8) is 0 Å². The maximum Gasteiger partial charge on any atom is 0.334 e. The summed E-state index contributed by atoms with van der Waals surface area (Å²) in [5.41, 5.74) is 0.230. The van der Waals surface area contributed by atoms with Crippen molar-refractivity contribution in [3.8, 4) is 0 Å². The largest absolute Gasteiger partial charge is 0.458 e. The first-order valence-electron chi connectivity index (χ1n) is 9.95. The first-order chi connectivity index (χ1) is 12.3. The Morgan fingerprint density at radius 2 is 2.00 bits per heavy atom. The van der Waals surface area contributed by atoms with Crippen molar-refractivity contribution < 1.29 is 28.8 Å². The summed E-state index contributed by atoms with van der Waals surface area (Å²) in [6.45, 7) is 6.91. The van der Waals surface area contributed by atoms with E-state index in [1.165, 1.54) is 0 Å². The highest BCUT2D eigenvalue weighted by Crippen LogP contribution is 2.82. The summed E-state index contributed by atoms with van der Waals surface area (Å²) in [5.74, 6) is 0.297. The van der Waals surface area contributed by atoms with Gasteiger partial charge in [0.25, 0.3) is 0 Å². The fraction of sp³-hybridized carbons (Fsp3) is 0.850. The lowest BCUT2D eigenvalue weighted by atomic mass is 9.46. The number of epoxide rings is 3. The molecule has 5 fully saturated rings. The second kappa shape index (κ2) is 3.79. The molecule has 4 heterocycles. The summed E-state index contributed by atoms with van der Waals surface area (Å²) in [7, 11) is 0. The molecule has 0 unspecified atom stereocenters. The summed E-state index contributed by atoms with van der Waals surface area (Å²) in [6, 6.07) is 0. The fourth-order valence-electron chi connectivity index (χ4n) is 7.70. The van der Waals surface area contributed by atoms with E-state index in [2.05, 4.69) is 20.8 Å². The van der Waals surface area contributed by atoms with Gasteiger partial charge in [-0.15, -0.1) is 0 Å². The topological polar surface area (TPSA) is 84.1 Å². The number of esters is 1. The Balaban J connectivity index is 1.39. The summed E-state index contributed by atoms with van der Waals surface area (Å²) < 4.78 is 24.3. The molecule has 0 aromatic heterocycles. The number of rotatable bonds is 1. The molecule has 140 valence electrons. The Kier molecular flexibility index (Phi) is 2.19. The van der Waals surface area contributed by atoms with Crippen molar-refractivity contribution in [2.24, 2.45) is 17.3 Å². The quantitative estimate of drug-likeness (QED) is 0.557. The number of aliphatic hydroxyl groups excluding tert-OH is 1. The number of carbonyl (C=O) groups excluding carboxylic acids is 1. The maximum absolute atomic E-state index is 12.1. The van der Waals surface area contributed by atoms with Gasteiger partial charge in [-0.1, -0.05) is 20.8 Å². The zero-order chi connectivity index (χ0) is 17.9. The van der Waals surface area contributed by atoms with Crippen LogP contribution in [0.3, 0.4) is 0 Å². The van der Waals surface area contributed by atoms with Gasteiger partial charge in [0.2, 0.25) is 0 Å². The highest BCUT2D eigenvalue weighted by Gasteiger charge is 3.00. The molecule has 3 aliphatic carbocycles. The van der Waals surface area contributed by atoms with Gasteiger partial charge < -0.3 is 24.1 Å². The van der Waals surface area contributed by atoms with Gasteiger partial charge in [0.1, 0.15) is 36.1 Å². The molecule has 0 aromatic rings. The van der Waals surface area contributed by atoms with E-state index in [0.29, 0.717) is 6.61 Å². The molecule has 0 amide bonds. The number of aliphatic hydroxyl groups is 1. The van der Waals surface area contributed by atoms with E-state index in [0.717, 1.165) is 30.4 Å². The first kappa shape index (κ1) is 15.0. The number of fused-ring (bicyclic) bond motifs is 4. The molecule has 26 heavy (non-hydrogen) atoms. The van der Waals surface area contributed by atoms with E-state index in [-0.39, 0.29) is 41.5 Å². The molecule has 0 aromatic carbocycles. The average Bonchev–Trinajstić information content (AvgIpc) is 3.47. The van der Waals surface area contributed by atoms with E-state index < -0.39 is 22.9 Å². The van der Waals surface area contributed by atoms with Crippen LogP contribution in [-0.4, -0.2) is 58.9 Å². The summed E-state index contributed by atoms with van der Waals surface area (Å²) in [4.78, 5) is 12.1. The van der Waals surface area contributed by atoms with Gasteiger partial charge in [0, 0.05) is 11.0 Å². The number of cyclic esters (lactones) is 1. The number of ether oxygens (including phenoxy) is 4. The molecule has 7 rings (SSSR count). The predicted octanol–water partition coefficient (Wildman–Crippen LogP) is 1.10. The van der Waals surface area contributed by atoms with Crippen LogP contribution in [0.15, 0.2) is 11.1 Å². The van der Waals surface area contributed by atoms with E-state index in [1.807, 2.05) is 0 Å². The number of carbonyl (C=O) groups is 1. The lowest BCUT2D eigenvalue weighted by Crippen LogP contribution is -2.69. The summed E-state index contributed by atoms with van der Waals surface area (Å²) in [6.07, 6.45) is 1.71. The van der Waals surface area contributed by atoms with Gasteiger partial charge in [-0.05, 0) is 36.7 Å². The second-order valence-corrected chi connectivity index (χ2v) is 9.91. The van der Waals surface area contributed by atoms with Crippen LogP contribution in [-0.2, 0) is 23.7 Å². The van der Waals surface area contributed by atoms with E-state index in [1.54, 1.807) is 0 Å². The molecular formula is C20H24O6. The molecule has 6 nitrogen and oxygen atoms in total. The van der Waals surface area contributed by atoms with Crippen molar-refractivity contribution in [2.75, 3.05) is 6.61 Å². The smallest absolute Gasteiger partial charge is 0.334 e. The van der Waals surface area contributed by atoms with Gasteiger partial charge in [0.15, 0.2) is 5.60 Å². The number of hydrogen-bond donors (Lipinski definition) is 1. The Morgan fingerprint density at radius 1 is 1.19 bits per heavy atom. The standard InChI is InChI=1S/C20H24O6/c1-8(2)18-13(25-18)14-20(26-14)17(3)5-4-9-10(7-23-15(9)21)11(17)6-12-19(20,24-12)16(18)22/h8,11-14,16,22H,4-7H2,1-3H3/t11-,12+,13+,14+,16-,17+,18+,19-,20-/m1/s1. The molecule has 0 bridgehead atoms. The minimum Gasteiger partial charge on any atom is -0.458 e. The SMILES string of the molecule is CC(C)[C@]12O[C@H]1[C@@H]1O[C@]13[C@]1(O[C@H]1C[C@@H]1C4=C(CC[C@@]13C)C(=O)OC4)[C@@H]2O. The van der Waals surface area contributed by atoms with Crippen LogP contribution in [0.5, 0.6) is 0 Å². The van der Waals surface area contributed by atoms with Gasteiger partial charge in [-0.25, -0.2) is 4.79 Å². The van der Waals surface area contributed by atoms with Crippen LogP contribution < -0.4 is 0 Å². The Morgan fingerprint density at radius 3 is 2.77 bits per heavy atom. The molecule has 9 atom stereocenters. The highest BCUT2D eigenvalue weighted by molar-refractivity contribution is 5.92. The van der Waals surface area contributed by atoms with Crippen molar-refractivity contribution in [2.45, 2.75) is 81.3 Å². The lowest BCUT2D eigenvalue weighted by Gasteiger charge is -2.53. The van der Waals surface area contributed by atoms with Crippen molar-refractivity contribution in [3.05, 3.63) is 11.1 Å². The predicted molar refractivity (Wildman–Crippen MR) is 87.1 cm³/mol. The average molecular weight is 360 g/mol. The third-order valence-electron chi connectivity index (χ3n) is 9.10. The van der Waals surface area contributed by atoms with Crippen LogP contribution in [0.4, 0.5) is 0 Å². The molecule has 7 aliphatic rings. The van der Waals surface area contributed by atoms with Crippen molar-refractivity contribution >= 4 is 5.97 Å². The van der Waals surface area contributed by atoms with Crippen molar-refractivity contribution in [1.29, 1.82) is 0 Å². The first-order valence-corrected chi connectivity index (χ1v) is 9.95. The molecule has 0 radical (unpaired) electrons. The zero-order valence-corrected chi connectivity index (χ0v) is 15.3. The Hall–Kier alpha value is -0.950. The van der Waals surface area contributed by atoms with Crippen LogP contribution in [0.25, 0.3) is 0 Å². The van der Waals surface area contributed by atoms with E-state index in [4.69, 9.17) is 18.9 Å². The van der Waals surface area contributed by atoms with Gasteiger partial charge >= 0.3 is 5.97 Å². The molecule has 6 heteroatoms. The molecular weight excluding hydrogens is 336 g/mol. The van der Waals surface area contributed by atoms with Crippen LogP contribution in [0, 0.1) is 17.3 Å².